The highest BCUT2D eigenvalue weighted by Crippen LogP contribution is 2.22. The summed E-state index contributed by atoms with van der Waals surface area (Å²) in [5.41, 5.74) is -2.31. The lowest BCUT2D eigenvalue weighted by molar-refractivity contribution is 0.106. The molecule has 0 amide bonds. The van der Waals surface area contributed by atoms with Gasteiger partial charge in [0.05, 0.1) is 0 Å². The number of carbonyl (C=O) groups is 1. The average Bonchev–Trinajstić information content (AvgIpc) is 2.02. The molecule has 0 bridgehead atoms. The van der Waals surface area contributed by atoms with Gasteiger partial charge in [-0.1, -0.05) is 0 Å². The van der Waals surface area contributed by atoms with E-state index in [4.69, 9.17) is 11.6 Å². The number of halogens is 5. The third-order valence-corrected chi connectivity index (χ3v) is 1.53. The highest BCUT2D eigenvalue weighted by atomic mass is 35.5. The van der Waals surface area contributed by atoms with Crippen LogP contribution in [0.3, 0.4) is 0 Å². The van der Waals surface area contributed by atoms with Crippen molar-refractivity contribution in [2.24, 2.45) is 0 Å². The van der Waals surface area contributed by atoms with Gasteiger partial charge in [-0.05, 0) is 11.6 Å². The van der Waals surface area contributed by atoms with Crippen LogP contribution in [0.15, 0.2) is 6.07 Å². The van der Waals surface area contributed by atoms with Crippen LogP contribution in [0.2, 0.25) is 0 Å². The SMILES string of the molecule is O=C(Cl)c1nc(C(F)F)c(F)cc1F. The van der Waals surface area contributed by atoms with E-state index in [2.05, 4.69) is 4.98 Å². The fourth-order valence-corrected chi connectivity index (χ4v) is 0.904. The Bertz CT molecular complexity index is 382. The van der Waals surface area contributed by atoms with Crippen LogP contribution in [-0.4, -0.2) is 10.2 Å². The maximum Gasteiger partial charge on any atom is 0.283 e. The zero-order chi connectivity index (χ0) is 10.9. The summed E-state index contributed by atoms with van der Waals surface area (Å²) >= 11 is 4.83. The highest BCUT2D eigenvalue weighted by molar-refractivity contribution is 6.67. The monoisotopic (exact) mass is 227 g/mol. The molecule has 0 aliphatic rings. The second-order valence-electron chi connectivity index (χ2n) is 2.26. The molecule has 0 aliphatic carbocycles. The van der Waals surface area contributed by atoms with Crippen LogP contribution >= 0.6 is 11.6 Å². The first-order valence-electron chi connectivity index (χ1n) is 3.27. The Balaban J connectivity index is 3.34. The number of hydrogen-bond acceptors (Lipinski definition) is 2. The van der Waals surface area contributed by atoms with E-state index in [1.165, 1.54) is 0 Å². The van der Waals surface area contributed by atoms with Gasteiger partial charge in [-0.2, -0.15) is 0 Å². The Hall–Kier alpha value is -1.17. The number of aromatic nitrogens is 1. The molecule has 0 radical (unpaired) electrons. The Labute approximate surface area is 80.5 Å². The second kappa shape index (κ2) is 3.91. The molecule has 0 saturated heterocycles. The molecule has 7 heteroatoms. The topological polar surface area (TPSA) is 30.0 Å². The van der Waals surface area contributed by atoms with Crippen molar-refractivity contribution in [2.45, 2.75) is 6.43 Å². The van der Waals surface area contributed by atoms with Gasteiger partial charge in [0.2, 0.25) is 0 Å². The van der Waals surface area contributed by atoms with Gasteiger partial charge in [-0.25, -0.2) is 22.5 Å². The molecular formula is C7H2ClF4NO. The van der Waals surface area contributed by atoms with Gasteiger partial charge >= 0.3 is 0 Å². The van der Waals surface area contributed by atoms with Crippen molar-refractivity contribution in [1.29, 1.82) is 0 Å². The first kappa shape index (κ1) is 10.9. The molecule has 0 atom stereocenters. The van der Waals surface area contributed by atoms with Crippen molar-refractivity contribution in [1.82, 2.24) is 4.98 Å². The molecule has 1 heterocycles. The Morgan fingerprint density at radius 3 is 2.36 bits per heavy atom. The van der Waals surface area contributed by atoms with Gasteiger partial charge in [0, 0.05) is 6.07 Å². The van der Waals surface area contributed by atoms with Crippen molar-refractivity contribution in [3.63, 3.8) is 0 Å². The number of rotatable bonds is 2. The summed E-state index contributed by atoms with van der Waals surface area (Å²) in [5.74, 6) is -2.88. The van der Waals surface area contributed by atoms with Gasteiger partial charge in [-0.3, -0.25) is 4.79 Å². The number of hydrogen-bond donors (Lipinski definition) is 0. The van der Waals surface area contributed by atoms with E-state index in [1.54, 1.807) is 0 Å². The summed E-state index contributed by atoms with van der Waals surface area (Å²) in [7, 11) is 0. The minimum absolute atomic E-state index is 0.143. The van der Waals surface area contributed by atoms with Crippen LogP contribution < -0.4 is 0 Å². The van der Waals surface area contributed by atoms with Crippen LogP contribution in [-0.2, 0) is 0 Å². The van der Waals surface area contributed by atoms with E-state index < -0.39 is 34.7 Å². The predicted molar refractivity (Wildman–Crippen MR) is 39.3 cm³/mol. The highest BCUT2D eigenvalue weighted by Gasteiger charge is 2.21. The third kappa shape index (κ3) is 2.01. The first-order chi connectivity index (χ1) is 6.43. The standard InChI is InChI=1S/C7H2ClF4NO/c8-6(14)4-2(9)1-3(10)5(13-4)7(11)12/h1,7H. The van der Waals surface area contributed by atoms with Gasteiger partial charge in [0.25, 0.3) is 11.7 Å². The van der Waals surface area contributed by atoms with E-state index in [-0.39, 0.29) is 6.07 Å². The van der Waals surface area contributed by atoms with E-state index in [0.717, 1.165) is 0 Å². The quantitative estimate of drug-likeness (QED) is 0.574. The minimum atomic E-state index is -3.23. The van der Waals surface area contributed by atoms with Crippen LogP contribution in [0.1, 0.15) is 22.6 Å². The maximum absolute atomic E-state index is 12.7. The lowest BCUT2D eigenvalue weighted by Gasteiger charge is -2.02. The molecule has 0 fully saturated rings. The zero-order valence-electron chi connectivity index (χ0n) is 6.40. The molecule has 1 aromatic rings. The summed E-state index contributed by atoms with van der Waals surface area (Å²) in [6.07, 6.45) is -3.23. The third-order valence-electron chi connectivity index (χ3n) is 1.35. The largest absolute Gasteiger partial charge is 0.283 e. The van der Waals surface area contributed by atoms with Crippen molar-refractivity contribution in [2.75, 3.05) is 0 Å². The lowest BCUT2D eigenvalue weighted by Crippen LogP contribution is -2.06. The zero-order valence-corrected chi connectivity index (χ0v) is 7.16. The molecule has 0 aliphatic heterocycles. The number of alkyl halides is 2. The summed E-state index contributed by atoms with van der Waals surface area (Å²) < 4.78 is 49.3. The molecular weight excluding hydrogens is 226 g/mol. The second-order valence-corrected chi connectivity index (χ2v) is 2.60. The average molecular weight is 228 g/mol. The molecule has 0 N–H and O–H groups in total. The molecule has 0 saturated carbocycles. The van der Waals surface area contributed by atoms with Crippen molar-refractivity contribution in [3.05, 3.63) is 29.1 Å². The summed E-state index contributed by atoms with van der Waals surface area (Å²) in [4.78, 5) is 13.2. The van der Waals surface area contributed by atoms with E-state index in [9.17, 15) is 22.4 Å². The molecule has 1 aromatic heterocycles. The number of nitrogens with zero attached hydrogens (tertiary/aromatic N) is 1. The van der Waals surface area contributed by atoms with Crippen LogP contribution in [0.5, 0.6) is 0 Å². The maximum atomic E-state index is 12.7. The summed E-state index contributed by atoms with van der Waals surface area (Å²) in [6.45, 7) is 0. The smallest absolute Gasteiger partial charge is 0.274 e. The molecule has 0 unspecified atom stereocenters. The molecule has 76 valence electrons. The summed E-state index contributed by atoms with van der Waals surface area (Å²) in [6, 6.07) is 0.143. The first-order valence-corrected chi connectivity index (χ1v) is 3.65. The van der Waals surface area contributed by atoms with Gasteiger partial charge < -0.3 is 0 Å². The molecule has 1 rings (SSSR count). The molecule has 0 aromatic carbocycles. The fraction of sp³-hybridized carbons (Fsp3) is 0.143. The number of carbonyl (C=O) groups excluding carboxylic acids is 1. The van der Waals surface area contributed by atoms with Crippen LogP contribution in [0.4, 0.5) is 17.6 Å². The van der Waals surface area contributed by atoms with Crippen molar-refractivity contribution < 1.29 is 22.4 Å². The van der Waals surface area contributed by atoms with Crippen LogP contribution in [0.25, 0.3) is 0 Å². The van der Waals surface area contributed by atoms with E-state index in [1.807, 2.05) is 0 Å². The minimum Gasteiger partial charge on any atom is -0.274 e. The molecule has 14 heavy (non-hydrogen) atoms. The normalized spacial score (nSPS) is 10.7. The van der Waals surface area contributed by atoms with E-state index >= 15 is 0 Å². The van der Waals surface area contributed by atoms with Gasteiger partial charge in [-0.15, -0.1) is 0 Å². The van der Waals surface area contributed by atoms with Gasteiger partial charge in [0.15, 0.2) is 17.3 Å². The Morgan fingerprint density at radius 2 is 1.93 bits per heavy atom. The Morgan fingerprint density at radius 1 is 1.36 bits per heavy atom. The lowest BCUT2D eigenvalue weighted by atomic mass is 10.3. The van der Waals surface area contributed by atoms with Crippen LogP contribution in [0, 0.1) is 11.6 Å². The molecule has 2 nitrogen and oxygen atoms in total. The number of pyridine rings is 1. The fourth-order valence-electron chi connectivity index (χ4n) is 0.772. The summed E-state index contributed by atoms with van der Waals surface area (Å²) in [5, 5.41) is -1.36. The van der Waals surface area contributed by atoms with E-state index in [0.29, 0.717) is 0 Å². The molecule has 0 spiro atoms. The van der Waals surface area contributed by atoms with Crippen molar-refractivity contribution >= 4 is 16.8 Å². The predicted octanol–water partition coefficient (Wildman–Crippen LogP) is 2.68. The Kier molecular flexibility index (Phi) is 3.05. The van der Waals surface area contributed by atoms with Gasteiger partial charge in [0.1, 0.15) is 5.69 Å². The van der Waals surface area contributed by atoms with Crippen molar-refractivity contribution in [3.8, 4) is 0 Å².